The van der Waals surface area contributed by atoms with Crippen LogP contribution in [0, 0.1) is 5.92 Å². The van der Waals surface area contributed by atoms with E-state index in [2.05, 4.69) is 26.0 Å². The summed E-state index contributed by atoms with van der Waals surface area (Å²) < 4.78 is 39.1. The molecular formula is C24H27F3N6O. The Morgan fingerprint density at radius 2 is 1.97 bits per heavy atom. The first kappa shape index (κ1) is 22.6. The van der Waals surface area contributed by atoms with Crippen LogP contribution in [0.1, 0.15) is 36.8 Å². The Hall–Kier alpha value is -3.17. The van der Waals surface area contributed by atoms with Gasteiger partial charge in [-0.1, -0.05) is 12.1 Å². The van der Waals surface area contributed by atoms with Gasteiger partial charge in [-0.2, -0.15) is 18.3 Å². The number of hydrogen-bond acceptors (Lipinski definition) is 5. The van der Waals surface area contributed by atoms with Gasteiger partial charge in [-0.25, -0.2) is 14.5 Å². The molecule has 0 aromatic carbocycles. The third-order valence-corrected chi connectivity index (χ3v) is 6.89. The third kappa shape index (κ3) is 4.85. The average Bonchev–Trinajstić information content (AvgIpc) is 3.42. The van der Waals surface area contributed by atoms with Crippen LogP contribution in [-0.2, 0) is 17.6 Å². The fourth-order valence-corrected chi connectivity index (χ4v) is 5.14. The van der Waals surface area contributed by atoms with Crippen molar-refractivity contribution in [3.8, 4) is 0 Å². The van der Waals surface area contributed by atoms with Crippen molar-refractivity contribution in [1.29, 1.82) is 0 Å². The zero-order valence-corrected chi connectivity index (χ0v) is 18.8. The van der Waals surface area contributed by atoms with Crippen molar-refractivity contribution in [1.82, 2.24) is 24.5 Å². The largest absolute Gasteiger partial charge is 0.389 e. The Kier molecular flexibility index (Phi) is 6.14. The minimum Gasteiger partial charge on any atom is -0.353 e. The number of carbonyl (C=O) groups is 1. The van der Waals surface area contributed by atoms with Gasteiger partial charge in [0.25, 0.3) is 0 Å². The lowest BCUT2D eigenvalue weighted by Gasteiger charge is -2.38. The molecule has 0 unspecified atom stereocenters. The number of piperazine rings is 1. The molecule has 180 valence electrons. The summed E-state index contributed by atoms with van der Waals surface area (Å²) in [5.74, 6) is 1.02. The summed E-state index contributed by atoms with van der Waals surface area (Å²) in [4.78, 5) is 25.8. The number of fused-ring (bicyclic) bond motifs is 2. The standard InChI is InChI=1S/C24H27F3N6O/c25-24(26,27)9-8-17-6-7-21(28-14-17)31-11-12-32-20(15-31)13-19(23(32)34)4-1-3-18-5-2-10-33-22(18)29-16-30-33/h2,5-7,10,14,16,19-20H,1,3-4,8-9,11-13,15H2/t19-,20-/m0/s1. The Balaban J connectivity index is 1.14. The number of aryl methyl sites for hydroxylation is 2. The van der Waals surface area contributed by atoms with Crippen LogP contribution in [-0.4, -0.2) is 62.2 Å². The Morgan fingerprint density at radius 3 is 2.76 bits per heavy atom. The number of nitrogens with zero attached hydrogens (tertiary/aromatic N) is 6. The molecule has 7 nitrogen and oxygen atoms in total. The monoisotopic (exact) mass is 472 g/mol. The summed E-state index contributed by atoms with van der Waals surface area (Å²) in [6.45, 7) is 2.03. The molecule has 2 atom stereocenters. The molecule has 0 bridgehead atoms. The molecule has 3 aromatic heterocycles. The molecule has 5 rings (SSSR count). The summed E-state index contributed by atoms with van der Waals surface area (Å²) in [6, 6.07) is 7.68. The number of anilines is 1. The van der Waals surface area contributed by atoms with E-state index < -0.39 is 12.6 Å². The molecule has 34 heavy (non-hydrogen) atoms. The van der Waals surface area contributed by atoms with Crippen LogP contribution in [0.3, 0.4) is 0 Å². The van der Waals surface area contributed by atoms with E-state index in [1.165, 1.54) is 6.20 Å². The summed E-state index contributed by atoms with van der Waals surface area (Å²) in [5.41, 5.74) is 2.59. The molecule has 0 aliphatic carbocycles. The van der Waals surface area contributed by atoms with E-state index in [0.29, 0.717) is 25.2 Å². The Bertz CT molecular complexity index is 1150. The van der Waals surface area contributed by atoms with E-state index in [-0.39, 0.29) is 24.3 Å². The smallest absolute Gasteiger partial charge is 0.353 e. The molecule has 10 heteroatoms. The van der Waals surface area contributed by atoms with E-state index >= 15 is 0 Å². The van der Waals surface area contributed by atoms with Gasteiger partial charge in [-0.05, 0) is 55.4 Å². The highest BCUT2D eigenvalue weighted by Gasteiger charge is 2.42. The molecule has 5 heterocycles. The quantitative estimate of drug-likeness (QED) is 0.525. The molecule has 3 aromatic rings. The number of carbonyl (C=O) groups excluding carboxylic acids is 1. The van der Waals surface area contributed by atoms with E-state index in [9.17, 15) is 18.0 Å². The van der Waals surface area contributed by atoms with Crippen LogP contribution in [0.4, 0.5) is 19.0 Å². The van der Waals surface area contributed by atoms with Crippen molar-refractivity contribution in [2.75, 3.05) is 24.5 Å². The maximum Gasteiger partial charge on any atom is 0.389 e. The van der Waals surface area contributed by atoms with E-state index in [1.807, 2.05) is 17.2 Å². The Labute approximate surface area is 195 Å². The van der Waals surface area contributed by atoms with Crippen molar-refractivity contribution < 1.29 is 18.0 Å². The van der Waals surface area contributed by atoms with Crippen LogP contribution >= 0.6 is 0 Å². The van der Waals surface area contributed by atoms with Crippen molar-refractivity contribution in [3.05, 3.63) is 54.1 Å². The van der Waals surface area contributed by atoms with E-state index in [1.54, 1.807) is 23.0 Å². The summed E-state index contributed by atoms with van der Waals surface area (Å²) in [5, 5.41) is 4.17. The van der Waals surface area contributed by atoms with E-state index in [0.717, 1.165) is 42.7 Å². The highest BCUT2D eigenvalue weighted by Crippen LogP contribution is 2.32. The van der Waals surface area contributed by atoms with Gasteiger partial charge in [0.2, 0.25) is 5.91 Å². The SMILES string of the molecule is O=C1[C@@H](CCCc2cccn3ncnc23)C[C@H]2CN(c3ccc(CCC(F)(F)F)cn3)CCN12. The molecular weight excluding hydrogens is 445 g/mol. The first-order valence-corrected chi connectivity index (χ1v) is 11.7. The molecule has 2 fully saturated rings. The van der Waals surface area contributed by atoms with Gasteiger partial charge in [0, 0.05) is 44.4 Å². The number of alkyl halides is 3. The molecule has 2 aliphatic rings. The molecule has 1 amide bonds. The molecule has 2 aliphatic heterocycles. The lowest BCUT2D eigenvalue weighted by molar-refractivity contribution is -0.134. The first-order valence-electron chi connectivity index (χ1n) is 11.7. The van der Waals surface area contributed by atoms with Crippen LogP contribution in [0.15, 0.2) is 43.0 Å². The number of halogens is 3. The second kappa shape index (κ2) is 9.23. The zero-order chi connectivity index (χ0) is 23.7. The zero-order valence-electron chi connectivity index (χ0n) is 18.8. The second-order valence-electron chi connectivity index (χ2n) is 9.16. The highest BCUT2D eigenvalue weighted by atomic mass is 19.4. The lowest BCUT2D eigenvalue weighted by Crippen LogP contribution is -2.51. The van der Waals surface area contributed by atoms with Crippen LogP contribution in [0.25, 0.3) is 5.65 Å². The maximum absolute atomic E-state index is 13.0. The summed E-state index contributed by atoms with van der Waals surface area (Å²) in [6.07, 6.45) is 3.33. The van der Waals surface area contributed by atoms with Crippen LogP contribution in [0.5, 0.6) is 0 Å². The molecule has 0 N–H and O–H groups in total. The van der Waals surface area contributed by atoms with Crippen molar-refractivity contribution in [3.63, 3.8) is 0 Å². The van der Waals surface area contributed by atoms with Gasteiger partial charge >= 0.3 is 6.18 Å². The first-order chi connectivity index (χ1) is 16.4. The second-order valence-corrected chi connectivity index (χ2v) is 9.16. The van der Waals surface area contributed by atoms with Gasteiger partial charge in [0.15, 0.2) is 5.65 Å². The predicted octanol–water partition coefficient (Wildman–Crippen LogP) is 3.68. The number of hydrogen-bond donors (Lipinski definition) is 0. The van der Waals surface area contributed by atoms with Gasteiger partial charge in [0.1, 0.15) is 12.1 Å². The molecule has 0 radical (unpaired) electrons. The number of aromatic nitrogens is 4. The normalized spacial score (nSPS) is 20.9. The summed E-state index contributed by atoms with van der Waals surface area (Å²) >= 11 is 0. The van der Waals surface area contributed by atoms with Crippen molar-refractivity contribution >= 4 is 17.4 Å². The van der Waals surface area contributed by atoms with Gasteiger partial charge in [-0.3, -0.25) is 4.79 Å². The fourth-order valence-electron chi connectivity index (χ4n) is 5.14. The van der Waals surface area contributed by atoms with Gasteiger partial charge < -0.3 is 9.80 Å². The lowest BCUT2D eigenvalue weighted by atomic mass is 9.96. The number of pyridine rings is 2. The van der Waals surface area contributed by atoms with Crippen molar-refractivity contribution in [2.45, 2.75) is 50.7 Å². The van der Waals surface area contributed by atoms with Gasteiger partial charge in [-0.15, -0.1) is 0 Å². The average molecular weight is 473 g/mol. The van der Waals surface area contributed by atoms with Gasteiger partial charge in [0.05, 0.1) is 6.04 Å². The highest BCUT2D eigenvalue weighted by molar-refractivity contribution is 5.82. The number of amides is 1. The minimum atomic E-state index is -4.16. The van der Waals surface area contributed by atoms with Crippen LogP contribution < -0.4 is 4.90 Å². The topological polar surface area (TPSA) is 66.6 Å². The molecule has 0 spiro atoms. The fraction of sp³-hybridized carbons (Fsp3) is 0.500. The molecule has 0 saturated carbocycles. The third-order valence-electron chi connectivity index (χ3n) is 6.89. The predicted molar refractivity (Wildman–Crippen MR) is 120 cm³/mol. The maximum atomic E-state index is 13.0. The summed E-state index contributed by atoms with van der Waals surface area (Å²) in [7, 11) is 0. The number of rotatable bonds is 7. The molecule has 2 saturated heterocycles. The Morgan fingerprint density at radius 1 is 1.09 bits per heavy atom. The van der Waals surface area contributed by atoms with Crippen molar-refractivity contribution in [2.24, 2.45) is 5.92 Å². The van der Waals surface area contributed by atoms with E-state index in [4.69, 9.17) is 0 Å². The minimum absolute atomic E-state index is 0.0280. The van der Waals surface area contributed by atoms with Crippen LogP contribution in [0.2, 0.25) is 0 Å².